The Balaban J connectivity index is 2.02. The number of aromatic nitrogens is 2. The zero-order valence-electron chi connectivity index (χ0n) is 8.70. The van der Waals surface area contributed by atoms with Crippen LogP contribution in [0.1, 0.15) is 35.8 Å². The van der Waals surface area contributed by atoms with Crippen LogP contribution in [0.15, 0.2) is 0 Å². The minimum absolute atomic E-state index is 0.600. The largest absolute Gasteiger partial charge is 0.477 e. The van der Waals surface area contributed by atoms with Crippen LogP contribution in [0, 0.1) is 0 Å². The maximum absolute atomic E-state index is 5.53. The molecular weight excluding hydrogens is 190 g/mol. The van der Waals surface area contributed by atoms with Gasteiger partial charge in [-0.15, -0.1) is 0 Å². The van der Waals surface area contributed by atoms with E-state index in [1.165, 1.54) is 24.1 Å². The number of nitrogens with two attached hydrogens (primary N) is 1. The number of fused-ring (bicyclic) bond motifs is 1. The first-order valence-electron chi connectivity index (χ1n) is 5.61. The summed E-state index contributed by atoms with van der Waals surface area (Å²) in [5, 5.41) is 0. The Kier molecular flexibility index (Phi) is 2.09. The molecule has 4 nitrogen and oxygen atoms in total. The summed E-state index contributed by atoms with van der Waals surface area (Å²) in [6, 6.07) is 0. The molecule has 1 aliphatic heterocycles. The third-order valence-electron chi connectivity index (χ3n) is 2.97. The fourth-order valence-electron chi connectivity index (χ4n) is 2.07. The standard InChI is InChI=1S/C11H15N3O/c12-5-3-9-13-10(7-1-2-7)8-4-6-15-11(8)14-9/h7H,1-6,12H2. The predicted molar refractivity (Wildman–Crippen MR) is 56.0 cm³/mol. The molecule has 0 bridgehead atoms. The van der Waals surface area contributed by atoms with Gasteiger partial charge in [-0.2, -0.15) is 4.98 Å². The Hall–Kier alpha value is -1.16. The molecule has 1 saturated carbocycles. The lowest BCUT2D eigenvalue weighted by Gasteiger charge is -2.07. The summed E-state index contributed by atoms with van der Waals surface area (Å²) in [4.78, 5) is 9.03. The molecule has 1 aromatic heterocycles. The number of hydrogen-bond donors (Lipinski definition) is 1. The second-order valence-corrected chi connectivity index (χ2v) is 4.22. The van der Waals surface area contributed by atoms with Gasteiger partial charge in [-0.3, -0.25) is 0 Å². The molecule has 4 heteroatoms. The van der Waals surface area contributed by atoms with E-state index in [1.807, 2.05) is 0 Å². The number of nitrogens with zero attached hydrogens (tertiary/aromatic N) is 2. The summed E-state index contributed by atoms with van der Waals surface area (Å²) in [6.07, 6.45) is 4.26. The first-order chi connectivity index (χ1) is 7.38. The molecule has 0 radical (unpaired) electrons. The van der Waals surface area contributed by atoms with Gasteiger partial charge >= 0.3 is 0 Å². The fourth-order valence-corrected chi connectivity index (χ4v) is 2.07. The van der Waals surface area contributed by atoms with Crippen LogP contribution < -0.4 is 10.5 Å². The number of ether oxygens (including phenoxy) is 1. The quantitative estimate of drug-likeness (QED) is 0.792. The minimum atomic E-state index is 0.600. The summed E-state index contributed by atoms with van der Waals surface area (Å²) in [5.41, 5.74) is 8.01. The van der Waals surface area contributed by atoms with Crippen LogP contribution in [-0.2, 0) is 12.8 Å². The molecule has 0 saturated heterocycles. The van der Waals surface area contributed by atoms with Gasteiger partial charge in [0.15, 0.2) is 0 Å². The van der Waals surface area contributed by atoms with Gasteiger partial charge in [0.05, 0.1) is 12.3 Å². The number of hydrogen-bond acceptors (Lipinski definition) is 4. The molecule has 0 aromatic carbocycles. The van der Waals surface area contributed by atoms with Crippen molar-refractivity contribution in [2.75, 3.05) is 13.2 Å². The summed E-state index contributed by atoms with van der Waals surface area (Å²) in [7, 11) is 0. The highest BCUT2D eigenvalue weighted by atomic mass is 16.5. The van der Waals surface area contributed by atoms with Crippen molar-refractivity contribution in [3.63, 3.8) is 0 Å². The SMILES string of the molecule is NCCc1nc2c(c(C3CC3)n1)CCO2. The van der Waals surface area contributed by atoms with Crippen LogP contribution in [0.2, 0.25) is 0 Å². The van der Waals surface area contributed by atoms with E-state index < -0.39 is 0 Å². The Morgan fingerprint density at radius 1 is 1.33 bits per heavy atom. The van der Waals surface area contributed by atoms with Crippen LogP contribution in [0.3, 0.4) is 0 Å². The van der Waals surface area contributed by atoms with Gasteiger partial charge in [-0.05, 0) is 19.4 Å². The highest BCUT2D eigenvalue weighted by Gasteiger charge is 2.32. The lowest BCUT2D eigenvalue weighted by molar-refractivity contribution is 0.343. The molecule has 2 aliphatic rings. The van der Waals surface area contributed by atoms with Gasteiger partial charge in [0.2, 0.25) is 5.88 Å². The molecule has 1 aliphatic carbocycles. The molecule has 0 amide bonds. The Bertz CT molecular complexity index is 388. The average molecular weight is 205 g/mol. The monoisotopic (exact) mass is 205 g/mol. The molecule has 0 atom stereocenters. The zero-order chi connectivity index (χ0) is 10.3. The summed E-state index contributed by atoms with van der Waals surface area (Å²) in [6.45, 7) is 1.36. The maximum atomic E-state index is 5.53. The van der Waals surface area contributed by atoms with Crippen LogP contribution in [0.25, 0.3) is 0 Å². The third kappa shape index (κ3) is 1.59. The van der Waals surface area contributed by atoms with E-state index in [0.717, 1.165) is 31.2 Å². The minimum Gasteiger partial charge on any atom is -0.477 e. The van der Waals surface area contributed by atoms with Crippen molar-refractivity contribution in [1.29, 1.82) is 0 Å². The van der Waals surface area contributed by atoms with Gasteiger partial charge in [-0.1, -0.05) is 0 Å². The van der Waals surface area contributed by atoms with E-state index in [0.29, 0.717) is 12.5 Å². The second kappa shape index (κ2) is 3.45. The van der Waals surface area contributed by atoms with E-state index in [9.17, 15) is 0 Å². The molecular formula is C11H15N3O. The van der Waals surface area contributed by atoms with E-state index in [2.05, 4.69) is 9.97 Å². The first kappa shape index (κ1) is 9.09. The van der Waals surface area contributed by atoms with Gasteiger partial charge in [0.1, 0.15) is 5.82 Å². The number of rotatable bonds is 3. The molecule has 2 N–H and O–H groups in total. The average Bonchev–Trinajstić information content (AvgIpc) is 2.97. The van der Waals surface area contributed by atoms with E-state index in [-0.39, 0.29) is 0 Å². The molecule has 0 unspecified atom stereocenters. The highest BCUT2D eigenvalue weighted by molar-refractivity contribution is 5.38. The van der Waals surface area contributed by atoms with Crippen LogP contribution in [0.5, 0.6) is 5.88 Å². The van der Waals surface area contributed by atoms with Gasteiger partial charge in [-0.25, -0.2) is 4.98 Å². The maximum Gasteiger partial charge on any atom is 0.220 e. The first-order valence-corrected chi connectivity index (χ1v) is 5.61. The zero-order valence-corrected chi connectivity index (χ0v) is 8.70. The van der Waals surface area contributed by atoms with Crippen molar-refractivity contribution >= 4 is 0 Å². The van der Waals surface area contributed by atoms with E-state index >= 15 is 0 Å². The normalized spacial score (nSPS) is 18.7. The molecule has 2 heterocycles. The predicted octanol–water partition coefficient (Wildman–Crippen LogP) is 0.790. The topological polar surface area (TPSA) is 61.0 Å². The van der Waals surface area contributed by atoms with Crippen LogP contribution >= 0.6 is 0 Å². The van der Waals surface area contributed by atoms with Crippen molar-refractivity contribution in [3.8, 4) is 5.88 Å². The van der Waals surface area contributed by atoms with Gasteiger partial charge in [0, 0.05) is 24.3 Å². The Morgan fingerprint density at radius 3 is 2.93 bits per heavy atom. The van der Waals surface area contributed by atoms with Crippen molar-refractivity contribution in [1.82, 2.24) is 9.97 Å². The lowest BCUT2D eigenvalue weighted by atomic mass is 10.1. The summed E-state index contributed by atoms with van der Waals surface area (Å²) >= 11 is 0. The van der Waals surface area contributed by atoms with Gasteiger partial charge in [0.25, 0.3) is 0 Å². The molecule has 80 valence electrons. The highest BCUT2D eigenvalue weighted by Crippen LogP contribution is 2.43. The van der Waals surface area contributed by atoms with Crippen molar-refractivity contribution < 1.29 is 4.74 Å². The Morgan fingerprint density at radius 2 is 2.20 bits per heavy atom. The van der Waals surface area contributed by atoms with Gasteiger partial charge < -0.3 is 10.5 Å². The molecule has 1 aromatic rings. The van der Waals surface area contributed by atoms with Crippen molar-refractivity contribution in [3.05, 3.63) is 17.1 Å². The van der Waals surface area contributed by atoms with Crippen molar-refractivity contribution in [2.45, 2.75) is 31.6 Å². The molecule has 0 spiro atoms. The molecule has 1 fully saturated rings. The fraction of sp³-hybridized carbons (Fsp3) is 0.636. The van der Waals surface area contributed by atoms with Crippen LogP contribution in [-0.4, -0.2) is 23.1 Å². The van der Waals surface area contributed by atoms with E-state index in [4.69, 9.17) is 10.5 Å². The van der Waals surface area contributed by atoms with E-state index in [1.54, 1.807) is 0 Å². The summed E-state index contributed by atoms with van der Waals surface area (Å²) < 4.78 is 5.51. The molecule has 3 rings (SSSR count). The van der Waals surface area contributed by atoms with Crippen LogP contribution in [0.4, 0.5) is 0 Å². The third-order valence-corrected chi connectivity index (χ3v) is 2.97. The molecule has 15 heavy (non-hydrogen) atoms. The summed E-state index contributed by atoms with van der Waals surface area (Å²) in [5.74, 6) is 2.33. The van der Waals surface area contributed by atoms with Crippen molar-refractivity contribution in [2.24, 2.45) is 5.73 Å². The Labute approximate surface area is 88.9 Å². The lowest BCUT2D eigenvalue weighted by Crippen LogP contribution is -2.09. The second-order valence-electron chi connectivity index (χ2n) is 4.22. The smallest absolute Gasteiger partial charge is 0.220 e.